The van der Waals surface area contributed by atoms with E-state index in [1.165, 1.54) is 0 Å². The molecule has 0 spiro atoms. The van der Waals surface area contributed by atoms with Crippen molar-refractivity contribution in [3.05, 3.63) is 241 Å². The summed E-state index contributed by atoms with van der Waals surface area (Å²) in [6, 6.07) is 73.9. The van der Waals surface area contributed by atoms with Crippen molar-refractivity contribution in [2.24, 2.45) is 0 Å². The Bertz CT molecular complexity index is 5950. The van der Waals surface area contributed by atoms with E-state index in [0.29, 0.717) is 0 Å². The lowest BCUT2D eigenvalue weighted by Crippen LogP contribution is -1.76. The largest absolute Gasteiger partial charge is 0.456 e. The van der Waals surface area contributed by atoms with Gasteiger partial charge in [0, 0.05) is 86.5 Å². The van der Waals surface area contributed by atoms with Crippen molar-refractivity contribution >= 4 is 176 Å². The minimum atomic E-state index is 0.875. The summed E-state index contributed by atoms with van der Waals surface area (Å²) in [4.78, 5) is 0. The van der Waals surface area contributed by atoms with Crippen LogP contribution in [0.25, 0.3) is 176 Å². The van der Waals surface area contributed by atoms with Crippen molar-refractivity contribution in [3.8, 4) is 0 Å². The SMILES string of the molecule is Cc1c2oc3ccccc3c2cc2c1oc1ccccc12.Cc1c2oc3ccccc3c2cc2oc3ccccc3c12.Cc1cccc2c1oc1c2ccc2oc3ccccc3c21.Cc1cccc2c1oc1ccc3c4ccccc4oc3c12. The number of furan rings is 8. The summed E-state index contributed by atoms with van der Waals surface area (Å²) in [6.45, 7) is 8.32. The maximum absolute atomic E-state index is 6.20. The van der Waals surface area contributed by atoms with Gasteiger partial charge in [-0.1, -0.05) is 146 Å². The molecule has 0 bridgehead atoms. The fourth-order valence-electron chi connectivity index (χ4n) is 12.9. The maximum Gasteiger partial charge on any atom is 0.147 e. The summed E-state index contributed by atoms with van der Waals surface area (Å²) in [5.41, 5.74) is 19.2. The summed E-state index contributed by atoms with van der Waals surface area (Å²) in [6.07, 6.45) is 0. The summed E-state index contributed by atoms with van der Waals surface area (Å²) >= 11 is 0. The van der Waals surface area contributed by atoms with E-state index in [4.69, 9.17) is 35.3 Å². The summed E-state index contributed by atoms with van der Waals surface area (Å²) in [5.74, 6) is 0. The molecule has 0 radical (unpaired) electrons. The molecule has 0 aliphatic carbocycles. The first kappa shape index (κ1) is 47.8. The Morgan fingerprint density at radius 3 is 1.06 bits per heavy atom. The van der Waals surface area contributed by atoms with Crippen LogP contribution in [0.15, 0.2) is 254 Å². The minimum Gasteiger partial charge on any atom is -0.456 e. The number of rotatable bonds is 0. The first-order chi connectivity index (χ1) is 41.3. The molecule has 12 aromatic carbocycles. The zero-order chi connectivity index (χ0) is 55.9. The van der Waals surface area contributed by atoms with Crippen LogP contribution in [0.2, 0.25) is 0 Å². The second kappa shape index (κ2) is 18.3. The quantitative estimate of drug-likeness (QED) is 0.148. The van der Waals surface area contributed by atoms with Crippen LogP contribution in [-0.2, 0) is 0 Å². The number of hydrogen-bond acceptors (Lipinski definition) is 8. The normalized spacial score (nSPS) is 12.0. The molecule has 8 heteroatoms. The molecule has 20 rings (SSSR count). The van der Waals surface area contributed by atoms with E-state index in [9.17, 15) is 0 Å². The van der Waals surface area contributed by atoms with Gasteiger partial charge in [-0.2, -0.15) is 0 Å². The summed E-state index contributed by atoms with van der Waals surface area (Å²) < 4.78 is 48.4. The van der Waals surface area contributed by atoms with Crippen molar-refractivity contribution in [2.45, 2.75) is 27.7 Å². The van der Waals surface area contributed by atoms with Gasteiger partial charge in [-0.15, -0.1) is 0 Å². The van der Waals surface area contributed by atoms with Crippen LogP contribution in [0.5, 0.6) is 0 Å². The van der Waals surface area contributed by atoms with E-state index in [1.54, 1.807) is 0 Å². The molecule has 0 saturated heterocycles. The van der Waals surface area contributed by atoms with Crippen molar-refractivity contribution in [1.29, 1.82) is 0 Å². The monoisotopic (exact) mass is 1090 g/mol. The van der Waals surface area contributed by atoms with Gasteiger partial charge in [0.25, 0.3) is 0 Å². The molecular formula is C76H48O8. The average Bonchev–Trinajstić information content (AvgIpc) is 1.98. The topological polar surface area (TPSA) is 105 Å². The number of aryl methyl sites for hydroxylation is 4. The Labute approximate surface area is 476 Å². The third-order valence-corrected chi connectivity index (χ3v) is 16.9. The lowest BCUT2D eigenvalue weighted by atomic mass is 10.0. The van der Waals surface area contributed by atoms with Crippen LogP contribution in [-0.4, -0.2) is 0 Å². The predicted octanol–water partition coefficient (Wildman–Crippen LogP) is 23.2. The van der Waals surface area contributed by atoms with E-state index in [-0.39, 0.29) is 0 Å². The predicted molar refractivity (Wildman–Crippen MR) is 343 cm³/mol. The highest BCUT2D eigenvalue weighted by atomic mass is 16.4. The molecule has 0 amide bonds. The first-order valence-electron chi connectivity index (χ1n) is 28.2. The fraction of sp³-hybridized carbons (Fsp3) is 0.0526. The Morgan fingerprint density at radius 1 is 0.179 bits per heavy atom. The maximum atomic E-state index is 6.20. The number of hydrogen-bond donors (Lipinski definition) is 0. The molecule has 84 heavy (non-hydrogen) atoms. The van der Waals surface area contributed by atoms with E-state index in [0.717, 1.165) is 198 Å². The van der Waals surface area contributed by atoms with Crippen LogP contribution in [0.3, 0.4) is 0 Å². The highest BCUT2D eigenvalue weighted by molar-refractivity contribution is 6.24. The Kier molecular flexibility index (Phi) is 10.4. The lowest BCUT2D eigenvalue weighted by Gasteiger charge is -1.97. The fourth-order valence-corrected chi connectivity index (χ4v) is 12.9. The second-order valence-corrected chi connectivity index (χ2v) is 21.8. The van der Waals surface area contributed by atoms with Crippen LogP contribution in [0.4, 0.5) is 0 Å². The smallest absolute Gasteiger partial charge is 0.147 e. The van der Waals surface area contributed by atoms with Crippen molar-refractivity contribution < 1.29 is 35.3 Å². The molecule has 0 N–H and O–H groups in total. The molecule has 400 valence electrons. The molecule has 0 aliphatic heterocycles. The average molecular weight is 1090 g/mol. The van der Waals surface area contributed by atoms with Gasteiger partial charge >= 0.3 is 0 Å². The first-order valence-corrected chi connectivity index (χ1v) is 28.2. The molecule has 8 heterocycles. The molecule has 20 aromatic rings. The third-order valence-electron chi connectivity index (χ3n) is 16.9. The third kappa shape index (κ3) is 7.13. The van der Waals surface area contributed by atoms with Crippen molar-refractivity contribution in [1.82, 2.24) is 0 Å². The van der Waals surface area contributed by atoms with Gasteiger partial charge in [-0.3, -0.25) is 0 Å². The molecule has 8 aromatic heterocycles. The Hall–Kier alpha value is -11.0. The van der Waals surface area contributed by atoms with E-state index < -0.39 is 0 Å². The van der Waals surface area contributed by atoms with Crippen LogP contribution in [0, 0.1) is 27.7 Å². The second-order valence-electron chi connectivity index (χ2n) is 21.8. The zero-order valence-corrected chi connectivity index (χ0v) is 46.1. The lowest BCUT2D eigenvalue weighted by molar-refractivity contribution is 0.650. The van der Waals surface area contributed by atoms with Gasteiger partial charge in [0.05, 0.1) is 10.8 Å². The highest BCUT2D eigenvalue weighted by Crippen LogP contribution is 2.44. The molecule has 0 saturated carbocycles. The Balaban J connectivity index is 0.0000000882. The van der Waals surface area contributed by atoms with Crippen LogP contribution >= 0.6 is 0 Å². The van der Waals surface area contributed by atoms with Gasteiger partial charge < -0.3 is 35.3 Å². The zero-order valence-electron chi connectivity index (χ0n) is 46.1. The van der Waals surface area contributed by atoms with Crippen LogP contribution < -0.4 is 0 Å². The van der Waals surface area contributed by atoms with Crippen LogP contribution in [0.1, 0.15) is 22.3 Å². The molecule has 0 atom stereocenters. The molecule has 0 fully saturated rings. The number of benzene rings is 12. The van der Waals surface area contributed by atoms with Gasteiger partial charge in [0.15, 0.2) is 0 Å². The van der Waals surface area contributed by atoms with Gasteiger partial charge in [0.1, 0.15) is 89.3 Å². The minimum absolute atomic E-state index is 0.875. The number of fused-ring (bicyclic) bond motifs is 26. The van der Waals surface area contributed by atoms with E-state index in [2.05, 4.69) is 125 Å². The van der Waals surface area contributed by atoms with Crippen molar-refractivity contribution in [3.63, 3.8) is 0 Å². The summed E-state index contributed by atoms with van der Waals surface area (Å²) in [7, 11) is 0. The molecular weight excluding hydrogens is 1040 g/mol. The highest BCUT2D eigenvalue weighted by Gasteiger charge is 2.21. The van der Waals surface area contributed by atoms with E-state index in [1.807, 2.05) is 121 Å². The van der Waals surface area contributed by atoms with Crippen molar-refractivity contribution in [2.75, 3.05) is 0 Å². The molecule has 8 nitrogen and oxygen atoms in total. The van der Waals surface area contributed by atoms with Gasteiger partial charge in [0.2, 0.25) is 0 Å². The Morgan fingerprint density at radius 2 is 0.512 bits per heavy atom. The van der Waals surface area contributed by atoms with Gasteiger partial charge in [-0.25, -0.2) is 0 Å². The van der Waals surface area contributed by atoms with Gasteiger partial charge in [-0.05, 0) is 112 Å². The summed E-state index contributed by atoms with van der Waals surface area (Å²) in [5, 5.41) is 18.1. The number of para-hydroxylation sites is 8. The molecule has 0 aliphatic rings. The van der Waals surface area contributed by atoms with E-state index >= 15 is 0 Å². The molecule has 0 unspecified atom stereocenters. The standard InChI is InChI=1S/4C19H12O2/c1-11-18-14(12-6-2-4-8-16(12)20-18)10-15-13-7-3-5-9-17(13)21-19(11)15;1-11-18-13-7-3-5-9-16(13)20-17(18)10-14-12-6-2-4-8-15(12)21-19(11)14;1-11-5-4-7-12-13-9-10-16-17(19(13)21-18(11)12)14-6-2-3-8-15(14)20-16;1-11-5-4-7-14-17-16(21-18(11)14)10-9-13-12-6-2-3-8-15(12)20-19(13)17/h4*2-10H,1H3.